The molecule has 2 aromatic carbocycles. The Balaban J connectivity index is 1.59. The minimum atomic E-state index is -0.325. The van der Waals surface area contributed by atoms with Gasteiger partial charge in [-0.3, -0.25) is 9.89 Å². The van der Waals surface area contributed by atoms with Crippen molar-refractivity contribution in [2.45, 2.75) is 23.2 Å². The van der Waals surface area contributed by atoms with Crippen molar-refractivity contribution >= 4 is 17.7 Å². The van der Waals surface area contributed by atoms with E-state index in [1.807, 2.05) is 65.6 Å². The van der Waals surface area contributed by atoms with Crippen LogP contribution in [0.25, 0.3) is 11.4 Å². The van der Waals surface area contributed by atoms with E-state index in [9.17, 15) is 4.79 Å². The maximum atomic E-state index is 13.1. The number of thioether (sulfide) groups is 1. The van der Waals surface area contributed by atoms with Gasteiger partial charge in [-0.1, -0.05) is 72.4 Å². The second-order valence-electron chi connectivity index (χ2n) is 6.27. The number of amides is 1. The Morgan fingerprint density at radius 1 is 1.00 bits per heavy atom. The second-order valence-corrected chi connectivity index (χ2v) is 7.35. The summed E-state index contributed by atoms with van der Waals surface area (Å²) in [7, 11) is 0. The lowest BCUT2D eigenvalue weighted by Crippen LogP contribution is -2.31. The number of aromatic nitrogens is 3. The van der Waals surface area contributed by atoms with E-state index in [0.717, 1.165) is 37.1 Å². The molecule has 1 aromatic heterocycles. The van der Waals surface area contributed by atoms with Crippen molar-refractivity contribution in [2.24, 2.45) is 0 Å². The number of benzene rings is 2. The van der Waals surface area contributed by atoms with Gasteiger partial charge >= 0.3 is 0 Å². The van der Waals surface area contributed by atoms with Gasteiger partial charge in [-0.2, -0.15) is 0 Å². The van der Waals surface area contributed by atoms with Crippen molar-refractivity contribution in [3.05, 3.63) is 66.2 Å². The normalized spacial score (nSPS) is 15.2. The number of nitrogens with zero attached hydrogens (tertiary/aromatic N) is 3. The van der Waals surface area contributed by atoms with E-state index in [-0.39, 0.29) is 11.2 Å². The molecule has 5 nitrogen and oxygen atoms in total. The Morgan fingerprint density at radius 3 is 2.35 bits per heavy atom. The molecule has 1 atom stereocenters. The molecule has 6 heteroatoms. The third-order valence-corrected chi connectivity index (χ3v) is 5.58. The zero-order valence-corrected chi connectivity index (χ0v) is 15.2. The van der Waals surface area contributed by atoms with Gasteiger partial charge in [0.15, 0.2) is 5.82 Å². The molecule has 2 heterocycles. The first-order chi connectivity index (χ1) is 12.8. The number of carbonyl (C=O) groups is 1. The smallest absolute Gasteiger partial charge is 0.240 e. The van der Waals surface area contributed by atoms with E-state index in [4.69, 9.17) is 0 Å². The molecule has 0 aliphatic carbocycles. The Hall–Kier alpha value is -2.60. The maximum Gasteiger partial charge on any atom is 0.240 e. The number of likely N-dealkylation sites (tertiary alicyclic amines) is 1. The summed E-state index contributed by atoms with van der Waals surface area (Å²) in [5.41, 5.74) is 1.97. The molecule has 0 spiro atoms. The van der Waals surface area contributed by atoms with Crippen LogP contribution in [0.4, 0.5) is 0 Å². The van der Waals surface area contributed by atoms with Crippen LogP contribution < -0.4 is 0 Å². The standard InChI is InChI=1S/C20H20N4OS/c25-19(24-13-7-8-14-24)17(15-9-3-1-4-10-15)26-20-21-18(22-23-20)16-11-5-2-6-12-16/h1-6,9-12,17H,7-8,13-14H2,(H,21,22,23). The van der Waals surface area contributed by atoms with E-state index >= 15 is 0 Å². The SMILES string of the molecule is O=C(C(Sc1n[nH]c(-c2ccccc2)n1)c1ccccc1)N1CCCC1. The molecule has 1 amide bonds. The van der Waals surface area contributed by atoms with Crippen LogP contribution in [0.1, 0.15) is 23.7 Å². The van der Waals surface area contributed by atoms with Crippen LogP contribution in [-0.2, 0) is 4.79 Å². The average molecular weight is 364 g/mol. The summed E-state index contributed by atoms with van der Waals surface area (Å²) >= 11 is 1.41. The summed E-state index contributed by atoms with van der Waals surface area (Å²) in [6.07, 6.45) is 2.16. The Morgan fingerprint density at radius 2 is 1.65 bits per heavy atom. The monoisotopic (exact) mass is 364 g/mol. The molecule has 4 rings (SSSR count). The van der Waals surface area contributed by atoms with Gasteiger partial charge in [0, 0.05) is 18.7 Å². The molecule has 0 saturated carbocycles. The van der Waals surface area contributed by atoms with Crippen LogP contribution in [0.15, 0.2) is 65.8 Å². The first kappa shape index (κ1) is 16.8. The van der Waals surface area contributed by atoms with Gasteiger partial charge in [-0.15, -0.1) is 5.10 Å². The molecule has 1 N–H and O–H groups in total. The number of carbonyl (C=O) groups excluding carboxylic acids is 1. The lowest BCUT2D eigenvalue weighted by atomic mass is 10.1. The molecule has 1 aliphatic heterocycles. The fourth-order valence-electron chi connectivity index (χ4n) is 3.12. The lowest BCUT2D eigenvalue weighted by Gasteiger charge is -2.22. The van der Waals surface area contributed by atoms with Gasteiger partial charge in [0.25, 0.3) is 0 Å². The topological polar surface area (TPSA) is 61.9 Å². The molecule has 0 bridgehead atoms. The minimum absolute atomic E-state index is 0.143. The third kappa shape index (κ3) is 3.65. The summed E-state index contributed by atoms with van der Waals surface area (Å²) in [5.74, 6) is 0.860. The number of aromatic amines is 1. The molecule has 1 saturated heterocycles. The summed E-state index contributed by atoms with van der Waals surface area (Å²) in [5, 5.41) is 7.57. The highest BCUT2D eigenvalue weighted by Gasteiger charge is 2.29. The zero-order chi connectivity index (χ0) is 17.8. The van der Waals surface area contributed by atoms with Crippen molar-refractivity contribution < 1.29 is 4.79 Å². The van der Waals surface area contributed by atoms with Crippen LogP contribution in [0.5, 0.6) is 0 Å². The molecule has 1 unspecified atom stereocenters. The lowest BCUT2D eigenvalue weighted by molar-refractivity contribution is -0.129. The molecule has 132 valence electrons. The highest BCUT2D eigenvalue weighted by molar-refractivity contribution is 8.00. The molecule has 0 radical (unpaired) electrons. The molecular formula is C20H20N4OS. The van der Waals surface area contributed by atoms with E-state index in [2.05, 4.69) is 15.2 Å². The summed E-state index contributed by atoms with van der Waals surface area (Å²) < 4.78 is 0. The summed E-state index contributed by atoms with van der Waals surface area (Å²) in [6.45, 7) is 1.68. The van der Waals surface area contributed by atoms with Gasteiger partial charge in [-0.05, 0) is 18.4 Å². The third-order valence-electron chi connectivity index (χ3n) is 4.48. The van der Waals surface area contributed by atoms with Crippen LogP contribution in [0.3, 0.4) is 0 Å². The number of hydrogen-bond donors (Lipinski definition) is 1. The molecule has 1 fully saturated rings. The predicted octanol–water partition coefficient (Wildman–Crippen LogP) is 3.93. The van der Waals surface area contributed by atoms with E-state index < -0.39 is 0 Å². The van der Waals surface area contributed by atoms with E-state index in [0.29, 0.717) is 11.0 Å². The highest BCUT2D eigenvalue weighted by Crippen LogP contribution is 2.36. The first-order valence-corrected chi connectivity index (χ1v) is 9.67. The minimum Gasteiger partial charge on any atom is -0.341 e. The molecule has 1 aliphatic rings. The van der Waals surface area contributed by atoms with Crippen LogP contribution in [-0.4, -0.2) is 39.1 Å². The fraction of sp³-hybridized carbons (Fsp3) is 0.250. The molecular weight excluding hydrogens is 344 g/mol. The number of H-pyrrole nitrogens is 1. The largest absolute Gasteiger partial charge is 0.341 e. The first-order valence-electron chi connectivity index (χ1n) is 8.79. The van der Waals surface area contributed by atoms with Crippen LogP contribution in [0, 0.1) is 0 Å². The van der Waals surface area contributed by atoms with E-state index in [1.165, 1.54) is 11.8 Å². The number of rotatable bonds is 5. The summed E-state index contributed by atoms with van der Waals surface area (Å²) in [6, 6.07) is 19.8. The van der Waals surface area contributed by atoms with E-state index in [1.54, 1.807) is 0 Å². The van der Waals surface area contributed by atoms with Crippen LogP contribution in [0.2, 0.25) is 0 Å². The van der Waals surface area contributed by atoms with Crippen molar-refractivity contribution in [1.29, 1.82) is 0 Å². The fourth-order valence-corrected chi connectivity index (χ4v) is 4.12. The predicted molar refractivity (Wildman–Crippen MR) is 103 cm³/mol. The second kappa shape index (κ2) is 7.74. The number of nitrogens with one attached hydrogen (secondary N) is 1. The van der Waals surface area contributed by atoms with Crippen molar-refractivity contribution in [1.82, 2.24) is 20.1 Å². The Bertz CT molecular complexity index is 860. The van der Waals surface area contributed by atoms with Gasteiger partial charge in [0.1, 0.15) is 5.25 Å². The zero-order valence-electron chi connectivity index (χ0n) is 14.3. The maximum absolute atomic E-state index is 13.1. The van der Waals surface area contributed by atoms with Gasteiger partial charge in [0.05, 0.1) is 0 Å². The number of hydrogen-bond acceptors (Lipinski definition) is 4. The van der Waals surface area contributed by atoms with Crippen LogP contribution >= 0.6 is 11.8 Å². The van der Waals surface area contributed by atoms with Gasteiger partial charge in [-0.25, -0.2) is 4.98 Å². The summed E-state index contributed by atoms with van der Waals surface area (Å²) in [4.78, 5) is 19.6. The van der Waals surface area contributed by atoms with Crippen molar-refractivity contribution in [3.8, 4) is 11.4 Å². The Kier molecular flexibility index (Phi) is 5.02. The van der Waals surface area contributed by atoms with Gasteiger partial charge < -0.3 is 4.90 Å². The van der Waals surface area contributed by atoms with Gasteiger partial charge in [0.2, 0.25) is 11.1 Å². The van der Waals surface area contributed by atoms with Crippen molar-refractivity contribution in [3.63, 3.8) is 0 Å². The quantitative estimate of drug-likeness (QED) is 0.697. The Labute approximate surface area is 156 Å². The molecule has 26 heavy (non-hydrogen) atoms. The van der Waals surface area contributed by atoms with Crippen molar-refractivity contribution in [2.75, 3.05) is 13.1 Å². The highest BCUT2D eigenvalue weighted by atomic mass is 32.2. The molecule has 3 aromatic rings. The average Bonchev–Trinajstić information content (AvgIpc) is 3.39.